The maximum absolute atomic E-state index is 12.2. The smallest absolute Gasteiger partial charge is 0.256 e. The summed E-state index contributed by atoms with van der Waals surface area (Å²) in [4.78, 5) is 13.9. The van der Waals surface area contributed by atoms with Crippen molar-refractivity contribution in [2.24, 2.45) is 0 Å². The Morgan fingerprint density at radius 1 is 1.41 bits per heavy atom. The molecule has 1 aliphatic heterocycles. The molecule has 1 saturated heterocycles. The van der Waals surface area contributed by atoms with Gasteiger partial charge in [0.05, 0.1) is 22.4 Å². The highest BCUT2D eigenvalue weighted by Gasteiger charge is 2.23. The van der Waals surface area contributed by atoms with Crippen LogP contribution in [0.3, 0.4) is 0 Å². The molecule has 4 nitrogen and oxygen atoms in total. The van der Waals surface area contributed by atoms with E-state index < -0.39 is 0 Å². The van der Waals surface area contributed by atoms with Crippen molar-refractivity contribution >= 4 is 23.2 Å². The van der Waals surface area contributed by atoms with Gasteiger partial charge in [-0.15, -0.1) is 0 Å². The lowest BCUT2D eigenvalue weighted by atomic mass is 10.1. The van der Waals surface area contributed by atoms with Gasteiger partial charge in [-0.1, -0.05) is 17.7 Å². The largest absolute Gasteiger partial charge is 0.397 e. The summed E-state index contributed by atoms with van der Waals surface area (Å²) in [5, 5.41) is 9.79. The number of aliphatic hydroxyl groups is 1. The first-order chi connectivity index (χ1) is 8.09. The van der Waals surface area contributed by atoms with Crippen molar-refractivity contribution in [2.75, 3.05) is 18.8 Å². The molecule has 1 heterocycles. The molecule has 0 aliphatic carbocycles. The van der Waals surface area contributed by atoms with E-state index in [-0.39, 0.29) is 12.0 Å². The number of nitrogens with two attached hydrogens (primary N) is 1. The molecule has 1 fully saturated rings. The zero-order valence-electron chi connectivity index (χ0n) is 9.40. The number of benzene rings is 1. The van der Waals surface area contributed by atoms with Gasteiger partial charge in [0.25, 0.3) is 5.91 Å². The molecule has 0 spiro atoms. The first-order valence-corrected chi connectivity index (χ1v) is 5.98. The number of piperidine rings is 1. The van der Waals surface area contributed by atoms with Crippen LogP contribution < -0.4 is 5.73 Å². The summed E-state index contributed by atoms with van der Waals surface area (Å²) < 4.78 is 0. The van der Waals surface area contributed by atoms with Gasteiger partial charge in [0.1, 0.15) is 0 Å². The van der Waals surface area contributed by atoms with Crippen LogP contribution in [-0.2, 0) is 0 Å². The van der Waals surface area contributed by atoms with Crippen LogP contribution in [0.15, 0.2) is 18.2 Å². The number of hydrogen-bond donors (Lipinski definition) is 2. The lowest BCUT2D eigenvalue weighted by molar-refractivity contribution is 0.0547. The molecule has 1 aromatic carbocycles. The molecule has 0 saturated carbocycles. The van der Waals surface area contributed by atoms with Crippen molar-refractivity contribution in [2.45, 2.75) is 18.9 Å². The molecule has 1 aliphatic rings. The summed E-state index contributed by atoms with van der Waals surface area (Å²) in [6.07, 6.45) is 0.939. The molecule has 1 aromatic rings. The Hall–Kier alpha value is -1.26. The molecule has 0 aromatic heterocycles. The predicted octanol–water partition coefficient (Wildman–Crippen LogP) is 1.52. The minimum atomic E-state index is -0.296. The van der Waals surface area contributed by atoms with E-state index in [1.807, 2.05) is 0 Å². The van der Waals surface area contributed by atoms with Crippen LogP contribution in [0.4, 0.5) is 5.69 Å². The molecule has 0 radical (unpaired) electrons. The number of aliphatic hydroxyl groups excluding tert-OH is 1. The van der Waals surface area contributed by atoms with Gasteiger partial charge in [-0.25, -0.2) is 0 Å². The predicted molar refractivity (Wildman–Crippen MR) is 67.0 cm³/mol. The van der Waals surface area contributed by atoms with Crippen LogP contribution in [0.5, 0.6) is 0 Å². The minimum absolute atomic E-state index is 0.114. The van der Waals surface area contributed by atoms with Crippen molar-refractivity contribution in [3.05, 3.63) is 28.8 Å². The molecular weight excluding hydrogens is 240 g/mol. The van der Waals surface area contributed by atoms with E-state index in [9.17, 15) is 9.90 Å². The number of rotatable bonds is 1. The number of carbonyl (C=O) groups is 1. The van der Waals surface area contributed by atoms with Crippen molar-refractivity contribution in [3.63, 3.8) is 0 Å². The summed E-state index contributed by atoms with van der Waals surface area (Å²) in [7, 11) is 0. The first-order valence-electron chi connectivity index (χ1n) is 5.61. The summed E-state index contributed by atoms with van der Waals surface area (Å²) in [5.74, 6) is -0.114. The number of para-hydroxylation sites is 1. The topological polar surface area (TPSA) is 66.6 Å². The van der Waals surface area contributed by atoms with Crippen LogP contribution in [0, 0.1) is 0 Å². The average Bonchev–Trinajstić information content (AvgIpc) is 2.33. The Balaban J connectivity index is 2.17. The molecule has 3 N–H and O–H groups in total. The van der Waals surface area contributed by atoms with Crippen LogP contribution in [0.25, 0.3) is 0 Å². The number of anilines is 1. The number of hydrogen-bond acceptors (Lipinski definition) is 3. The number of likely N-dealkylation sites (tertiary alicyclic amines) is 1. The number of amides is 1. The summed E-state index contributed by atoms with van der Waals surface area (Å²) in [5.41, 5.74) is 6.55. The number of nitrogen functional groups attached to an aromatic ring is 1. The van der Waals surface area contributed by atoms with Gasteiger partial charge in [0, 0.05) is 13.1 Å². The molecule has 92 valence electrons. The SMILES string of the molecule is Nc1c(Cl)cccc1C(=O)N1CCC(O)CC1. The third-order valence-corrected chi connectivity index (χ3v) is 3.36. The molecular formula is C12H15ClN2O2. The van der Waals surface area contributed by atoms with E-state index in [1.54, 1.807) is 23.1 Å². The first kappa shape index (κ1) is 12.2. The molecule has 17 heavy (non-hydrogen) atoms. The van der Waals surface area contributed by atoms with Crippen LogP contribution in [-0.4, -0.2) is 35.1 Å². The van der Waals surface area contributed by atoms with Crippen LogP contribution in [0.2, 0.25) is 5.02 Å². The monoisotopic (exact) mass is 254 g/mol. The second kappa shape index (κ2) is 4.94. The Morgan fingerprint density at radius 3 is 2.71 bits per heavy atom. The Morgan fingerprint density at radius 2 is 2.06 bits per heavy atom. The van der Waals surface area contributed by atoms with E-state index in [0.717, 1.165) is 0 Å². The Bertz CT molecular complexity index is 429. The molecule has 0 unspecified atom stereocenters. The lowest BCUT2D eigenvalue weighted by Crippen LogP contribution is -2.40. The van der Waals surface area contributed by atoms with Gasteiger partial charge in [-0.3, -0.25) is 4.79 Å². The van der Waals surface area contributed by atoms with E-state index >= 15 is 0 Å². The standard InChI is InChI=1S/C12H15ClN2O2/c13-10-3-1-2-9(11(10)14)12(17)15-6-4-8(16)5-7-15/h1-3,8,16H,4-7,14H2. The van der Waals surface area contributed by atoms with E-state index in [4.69, 9.17) is 17.3 Å². The minimum Gasteiger partial charge on any atom is -0.397 e. The highest BCUT2D eigenvalue weighted by Crippen LogP contribution is 2.24. The van der Waals surface area contributed by atoms with Crippen molar-refractivity contribution in [1.29, 1.82) is 0 Å². The van der Waals surface area contributed by atoms with Gasteiger partial charge >= 0.3 is 0 Å². The maximum Gasteiger partial charge on any atom is 0.256 e. The van der Waals surface area contributed by atoms with Gasteiger partial charge in [-0.2, -0.15) is 0 Å². The molecule has 2 rings (SSSR count). The third kappa shape index (κ3) is 2.53. The number of halogens is 1. The zero-order valence-corrected chi connectivity index (χ0v) is 10.2. The van der Waals surface area contributed by atoms with E-state index in [2.05, 4.69) is 0 Å². The molecule has 5 heteroatoms. The third-order valence-electron chi connectivity index (χ3n) is 3.04. The summed E-state index contributed by atoms with van der Waals surface area (Å²) in [6, 6.07) is 5.05. The Kier molecular flexibility index (Phi) is 3.54. The molecule has 0 bridgehead atoms. The Labute approximate surface area is 105 Å². The second-order valence-corrected chi connectivity index (χ2v) is 4.63. The van der Waals surface area contributed by atoms with Crippen LogP contribution in [0.1, 0.15) is 23.2 Å². The van der Waals surface area contributed by atoms with Gasteiger partial charge in [-0.05, 0) is 25.0 Å². The number of carbonyl (C=O) groups excluding carboxylic acids is 1. The second-order valence-electron chi connectivity index (χ2n) is 4.22. The highest BCUT2D eigenvalue weighted by molar-refractivity contribution is 6.33. The summed E-state index contributed by atoms with van der Waals surface area (Å²) >= 11 is 5.88. The fourth-order valence-corrected chi connectivity index (χ4v) is 2.14. The number of nitrogens with zero attached hydrogens (tertiary/aromatic N) is 1. The quantitative estimate of drug-likeness (QED) is 0.747. The van der Waals surface area contributed by atoms with E-state index in [1.165, 1.54) is 0 Å². The maximum atomic E-state index is 12.2. The van der Waals surface area contributed by atoms with Gasteiger partial charge < -0.3 is 15.7 Å². The lowest BCUT2D eigenvalue weighted by Gasteiger charge is -2.30. The van der Waals surface area contributed by atoms with Gasteiger partial charge in [0.2, 0.25) is 0 Å². The van der Waals surface area contributed by atoms with Crippen molar-refractivity contribution in [3.8, 4) is 0 Å². The van der Waals surface area contributed by atoms with Gasteiger partial charge in [0.15, 0.2) is 0 Å². The highest BCUT2D eigenvalue weighted by atomic mass is 35.5. The normalized spacial score (nSPS) is 17.2. The van der Waals surface area contributed by atoms with Crippen molar-refractivity contribution in [1.82, 2.24) is 4.90 Å². The van der Waals surface area contributed by atoms with Crippen molar-refractivity contribution < 1.29 is 9.90 Å². The zero-order chi connectivity index (χ0) is 12.4. The average molecular weight is 255 g/mol. The van der Waals surface area contributed by atoms with E-state index in [0.29, 0.717) is 42.2 Å². The molecule has 1 amide bonds. The fourth-order valence-electron chi connectivity index (χ4n) is 1.96. The summed E-state index contributed by atoms with van der Waals surface area (Å²) in [6.45, 7) is 1.12. The fraction of sp³-hybridized carbons (Fsp3) is 0.417. The molecule has 0 atom stereocenters. The van der Waals surface area contributed by atoms with Crippen LogP contribution >= 0.6 is 11.6 Å².